The molecule has 4 rings (SSSR count). The third-order valence-corrected chi connectivity index (χ3v) is 7.45. The Bertz CT molecular complexity index is 1090. The highest BCUT2D eigenvalue weighted by Crippen LogP contribution is 2.37. The molecule has 33 heavy (non-hydrogen) atoms. The monoisotopic (exact) mass is 523 g/mol. The summed E-state index contributed by atoms with van der Waals surface area (Å²) in [5.41, 5.74) is 4.04. The summed E-state index contributed by atoms with van der Waals surface area (Å²) < 4.78 is 23.9. The molecule has 0 spiro atoms. The first-order chi connectivity index (χ1) is 16.0. The fourth-order valence-corrected chi connectivity index (χ4v) is 5.55. The van der Waals surface area contributed by atoms with Crippen molar-refractivity contribution in [3.63, 3.8) is 0 Å². The molecule has 0 saturated heterocycles. The van der Waals surface area contributed by atoms with Gasteiger partial charge in [-0.05, 0) is 60.7 Å². The van der Waals surface area contributed by atoms with Gasteiger partial charge in [-0.1, -0.05) is 48.3 Å². The molecular formula is C24H24Cl2FN3OS2. The zero-order valence-electron chi connectivity index (χ0n) is 18.0. The fraction of sp³-hybridized carbons (Fsp3) is 0.292. The molecule has 0 amide bonds. The van der Waals surface area contributed by atoms with Crippen LogP contribution in [0.15, 0.2) is 58.3 Å². The van der Waals surface area contributed by atoms with Crippen LogP contribution in [0.2, 0.25) is 10.0 Å². The minimum atomic E-state index is -0.400. The molecule has 0 saturated carbocycles. The summed E-state index contributed by atoms with van der Waals surface area (Å²) in [7, 11) is 0. The maximum absolute atomic E-state index is 14.7. The second kappa shape index (κ2) is 11.6. The first-order valence-corrected chi connectivity index (χ1v) is 13.2. The van der Waals surface area contributed by atoms with Crippen molar-refractivity contribution in [1.82, 2.24) is 10.3 Å². The average Bonchev–Trinajstić information content (AvgIpc) is 3.33. The standard InChI is InChI=1S/C24H24Cl2FN3OS2/c1-2-28-21-5-3-4-17(15-6-8-16(25)9-7-15)18(21)12-31-22-11-20(27)23(10-19(22)26)33-30-24-13-32-14-29-24/h4,6-11,13-14,18,21,28,30H,2-3,5,12H2,1H3. The molecule has 4 nitrogen and oxygen atoms in total. The maximum atomic E-state index is 14.7. The molecule has 0 fully saturated rings. The summed E-state index contributed by atoms with van der Waals surface area (Å²) in [4.78, 5) is 4.51. The lowest BCUT2D eigenvalue weighted by atomic mass is 9.80. The number of thiazole rings is 1. The number of hydrogen-bond donors (Lipinski definition) is 2. The maximum Gasteiger partial charge on any atom is 0.147 e. The first-order valence-electron chi connectivity index (χ1n) is 10.7. The van der Waals surface area contributed by atoms with Crippen molar-refractivity contribution >= 4 is 57.9 Å². The van der Waals surface area contributed by atoms with Crippen LogP contribution in [0.4, 0.5) is 10.2 Å². The van der Waals surface area contributed by atoms with Gasteiger partial charge in [-0.2, -0.15) is 0 Å². The van der Waals surface area contributed by atoms with Gasteiger partial charge in [0.1, 0.15) is 17.4 Å². The lowest BCUT2D eigenvalue weighted by Gasteiger charge is -2.33. The lowest BCUT2D eigenvalue weighted by Crippen LogP contribution is -2.41. The Morgan fingerprint density at radius 2 is 2.06 bits per heavy atom. The van der Waals surface area contributed by atoms with Crippen molar-refractivity contribution < 1.29 is 9.13 Å². The first kappa shape index (κ1) is 24.4. The van der Waals surface area contributed by atoms with Gasteiger partial charge in [0.25, 0.3) is 0 Å². The van der Waals surface area contributed by atoms with Crippen molar-refractivity contribution in [2.45, 2.75) is 30.7 Å². The summed E-state index contributed by atoms with van der Waals surface area (Å²) in [6.45, 7) is 3.34. The summed E-state index contributed by atoms with van der Waals surface area (Å²) >= 11 is 15.1. The highest BCUT2D eigenvalue weighted by molar-refractivity contribution is 8.00. The third kappa shape index (κ3) is 6.22. The Balaban J connectivity index is 1.50. The van der Waals surface area contributed by atoms with Gasteiger partial charge in [0, 0.05) is 28.4 Å². The number of allylic oxidation sites excluding steroid dienone is 1. The quantitative estimate of drug-likeness (QED) is 0.283. The van der Waals surface area contributed by atoms with Crippen LogP contribution in [0.3, 0.4) is 0 Å². The van der Waals surface area contributed by atoms with E-state index in [1.807, 2.05) is 29.6 Å². The molecule has 2 aromatic carbocycles. The number of ether oxygens (including phenoxy) is 1. The summed E-state index contributed by atoms with van der Waals surface area (Å²) in [5.74, 6) is 0.708. The summed E-state index contributed by atoms with van der Waals surface area (Å²) in [6.07, 6.45) is 4.26. The van der Waals surface area contributed by atoms with Crippen LogP contribution >= 0.6 is 46.5 Å². The molecule has 1 aromatic heterocycles. The Hall–Kier alpha value is -1.77. The summed E-state index contributed by atoms with van der Waals surface area (Å²) in [5, 5.41) is 6.50. The molecule has 2 unspecified atom stereocenters. The van der Waals surface area contributed by atoms with E-state index in [9.17, 15) is 4.39 Å². The second-order valence-electron chi connectivity index (χ2n) is 7.62. The lowest BCUT2D eigenvalue weighted by molar-refractivity contribution is 0.236. The molecule has 0 bridgehead atoms. The molecular weight excluding hydrogens is 500 g/mol. The highest BCUT2D eigenvalue weighted by Gasteiger charge is 2.29. The van der Waals surface area contributed by atoms with E-state index in [2.05, 4.69) is 28.0 Å². The van der Waals surface area contributed by atoms with Crippen molar-refractivity contribution in [1.29, 1.82) is 0 Å². The van der Waals surface area contributed by atoms with Crippen LogP contribution in [-0.2, 0) is 0 Å². The number of benzene rings is 2. The molecule has 3 aromatic rings. The SMILES string of the molecule is CCNC1CCC=C(c2ccc(Cl)cc2)C1COc1cc(F)c(SNc2cscn2)cc1Cl. The topological polar surface area (TPSA) is 46.2 Å². The Morgan fingerprint density at radius 1 is 1.24 bits per heavy atom. The van der Waals surface area contributed by atoms with Crippen LogP contribution in [0.5, 0.6) is 5.75 Å². The second-order valence-corrected chi connectivity index (χ2v) is 10.0. The van der Waals surface area contributed by atoms with Gasteiger partial charge in [-0.25, -0.2) is 9.37 Å². The minimum absolute atomic E-state index is 0.0967. The van der Waals surface area contributed by atoms with E-state index in [1.54, 1.807) is 11.6 Å². The number of nitrogens with one attached hydrogen (secondary N) is 2. The van der Waals surface area contributed by atoms with Crippen LogP contribution in [0.25, 0.3) is 5.57 Å². The number of halogens is 3. The van der Waals surface area contributed by atoms with Gasteiger partial charge in [0.2, 0.25) is 0 Å². The Morgan fingerprint density at radius 3 is 2.79 bits per heavy atom. The number of rotatable bonds is 9. The van der Waals surface area contributed by atoms with Gasteiger partial charge in [0.15, 0.2) is 0 Å². The number of anilines is 1. The molecule has 2 atom stereocenters. The smallest absolute Gasteiger partial charge is 0.147 e. The largest absolute Gasteiger partial charge is 0.491 e. The van der Waals surface area contributed by atoms with E-state index in [1.165, 1.54) is 23.0 Å². The number of hydrogen-bond acceptors (Lipinski definition) is 6. The zero-order chi connectivity index (χ0) is 23.2. The predicted molar refractivity (Wildman–Crippen MR) is 138 cm³/mol. The Kier molecular flexibility index (Phi) is 8.55. The van der Waals surface area contributed by atoms with Crippen LogP contribution < -0.4 is 14.8 Å². The van der Waals surface area contributed by atoms with Crippen molar-refractivity contribution in [2.24, 2.45) is 5.92 Å². The summed E-state index contributed by atoms with van der Waals surface area (Å²) in [6, 6.07) is 11.0. The molecule has 1 aliphatic rings. The predicted octanol–water partition coefficient (Wildman–Crippen LogP) is 7.56. The molecule has 0 aliphatic heterocycles. The van der Waals surface area contributed by atoms with E-state index >= 15 is 0 Å². The van der Waals surface area contributed by atoms with E-state index in [0.717, 1.165) is 36.9 Å². The van der Waals surface area contributed by atoms with Crippen LogP contribution in [0.1, 0.15) is 25.3 Å². The van der Waals surface area contributed by atoms with Crippen molar-refractivity contribution in [3.8, 4) is 5.75 Å². The Labute approximate surface area is 211 Å². The average molecular weight is 525 g/mol. The van der Waals surface area contributed by atoms with Gasteiger partial charge in [0.05, 0.1) is 22.0 Å². The van der Waals surface area contributed by atoms with Crippen LogP contribution in [0, 0.1) is 11.7 Å². The normalized spacial score (nSPS) is 18.1. The highest BCUT2D eigenvalue weighted by atomic mass is 35.5. The van der Waals surface area contributed by atoms with Crippen LogP contribution in [-0.4, -0.2) is 24.2 Å². The zero-order valence-corrected chi connectivity index (χ0v) is 21.1. The van der Waals surface area contributed by atoms with Crippen molar-refractivity contribution in [2.75, 3.05) is 17.9 Å². The molecule has 9 heteroatoms. The number of aromatic nitrogens is 1. The van der Waals surface area contributed by atoms with E-state index in [4.69, 9.17) is 27.9 Å². The van der Waals surface area contributed by atoms with Gasteiger partial charge < -0.3 is 14.8 Å². The fourth-order valence-electron chi connectivity index (χ4n) is 3.92. The third-order valence-electron chi connectivity index (χ3n) is 5.47. The number of nitrogens with zero attached hydrogens (tertiary/aromatic N) is 1. The molecule has 0 radical (unpaired) electrons. The van der Waals surface area contributed by atoms with E-state index in [-0.39, 0.29) is 12.0 Å². The molecule has 2 N–H and O–H groups in total. The van der Waals surface area contributed by atoms with Gasteiger partial charge >= 0.3 is 0 Å². The van der Waals surface area contributed by atoms with Gasteiger partial charge in [-0.15, -0.1) is 11.3 Å². The van der Waals surface area contributed by atoms with E-state index < -0.39 is 5.82 Å². The van der Waals surface area contributed by atoms with E-state index in [0.29, 0.717) is 33.1 Å². The molecule has 1 aliphatic carbocycles. The molecule has 1 heterocycles. The minimum Gasteiger partial charge on any atom is -0.491 e. The van der Waals surface area contributed by atoms with Gasteiger partial charge in [-0.3, -0.25) is 0 Å². The molecule has 174 valence electrons. The van der Waals surface area contributed by atoms with Crippen molar-refractivity contribution in [3.05, 3.63) is 74.8 Å².